The zero-order valence-corrected chi connectivity index (χ0v) is 13.1. The highest BCUT2D eigenvalue weighted by Crippen LogP contribution is 2.29. The third kappa shape index (κ3) is 2.73. The molecule has 1 fully saturated rings. The molecule has 2 rings (SSSR count). The predicted octanol–water partition coefficient (Wildman–Crippen LogP) is 1.88. The van der Waals surface area contributed by atoms with Crippen LogP contribution in [0.15, 0.2) is 24.3 Å². The Bertz CT molecular complexity index is 551. The average molecular weight is 290 g/mol. The zero-order valence-electron chi connectivity index (χ0n) is 13.1. The molecule has 1 aromatic rings. The SMILES string of the molecule is COc1ccc(C(C)N2C(=O)C(C)(C)NC(=O)C2C)cc1. The van der Waals surface area contributed by atoms with Gasteiger partial charge in [-0.15, -0.1) is 0 Å². The van der Waals surface area contributed by atoms with Crippen molar-refractivity contribution in [3.8, 4) is 5.75 Å². The van der Waals surface area contributed by atoms with E-state index in [-0.39, 0.29) is 17.9 Å². The summed E-state index contributed by atoms with van der Waals surface area (Å²) in [5.74, 6) is 0.569. The number of carbonyl (C=O) groups is 2. The molecule has 1 heterocycles. The standard InChI is InChI=1S/C16H22N2O3/c1-10(12-6-8-13(21-5)9-7-12)18-11(2)14(19)17-16(3,4)15(18)20/h6-11H,1-5H3,(H,17,19). The van der Waals surface area contributed by atoms with Crippen molar-refractivity contribution in [3.05, 3.63) is 29.8 Å². The number of carbonyl (C=O) groups excluding carboxylic acids is 2. The Morgan fingerprint density at radius 1 is 1.24 bits per heavy atom. The lowest BCUT2D eigenvalue weighted by atomic mass is 9.94. The van der Waals surface area contributed by atoms with Crippen molar-refractivity contribution < 1.29 is 14.3 Å². The zero-order chi connectivity index (χ0) is 15.8. The first kappa shape index (κ1) is 15.4. The fourth-order valence-electron chi connectivity index (χ4n) is 2.65. The first-order valence-corrected chi connectivity index (χ1v) is 7.06. The van der Waals surface area contributed by atoms with E-state index in [4.69, 9.17) is 4.74 Å². The molecule has 2 atom stereocenters. The van der Waals surface area contributed by atoms with Crippen molar-refractivity contribution in [2.75, 3.05) is 7.11 Å². The summed E-state index contributed by atoms with van der Waals surface area (Å²) >= 11 is 0. The summed E-state index contributed by atoms with van der Waals surface area (Å²) in [7, 11) is 1.61. The van der Waals surface area contributed by atoms with Crippen LogP contribution in [0, 0.1) is 0 Å². The van der Waals surface area contributed by atoms with Crippen LogP contribution in [0.1, 0.15) is 39.3 Å². The Hall–Kier alpha value is -2.04. The Labute approximate surface area is 125 Å². The maximum atomic E-state index is 12.6. The monoisotopic (exact) mass is 290 g/mol. The fraction of sp³-hybridized carbons (Fsp3) is 0.500. The average Bonchev–Trinajstić information content (AvgIpc) is 2.45. The Morgan fingerprint density at radius 3 is 2.33 bits per heavy atom. The summed E-state index contributed by atoms with van der Waals surface area (Å²) in [6.45, 7) is 7.15. The molecule has 0 radical (unpaired) electrons. The largest absolute Gasteiger partial charge is 0.497 e. The molecule has 0 saturated carbocycles. The molecule has 2 unspecified atom stereocenters. The van der Waals surface area contributed by atoms with Crippen LogP contribution in [-0.4, -0.2) is 35.4 Å². The van der Waals surface area contributed by atoms with Gasteiger partial charge in [0.25, 0.3) is 0 Å². The summed E-state index contributed by atoms with van der Waals surface area (Å²) in [5, 5.41) is 2.76. The van der Waals surface area contributed by atoms with Gasteiger partial charge in [-0.1, -0.05) is 12.1 Å². The molecule has 21 heavy (non-hydrogen) atoms. The number of ether oxygens (including phenoxy) is 1. The molecule has 1 saturated heterocycles. The van der Waals surface area contributed by atoms with Crippen molar-refractivity contribution in [2.45, 2.75) is 45.3 Å². The second kappa shape index (κ2) is 5.39. The van der Waals surface area contributed by atoms with Crippen LogP contribution in [0.25, 0.3) is 0 Å². The molecule has 1 N–H and O–H groups in total. The highest BCUT2D eigenvalue weighted by Gasteiger charge is 2.45. The van der Waals surface area contributed by atoms with Gasteiger partial charge < -0.3 is 15.0 Å². The minimum atomic E-state index is -0.871. The quantitative estimate of drug-likeness (QED) is 0.924. The lowest BCUT2D eigenvalue weighted by Gasteiger charge is -2.44. The van der Waals surface area contributed by atoms with Crippen LogP contribution in [0.3, 0.4) is 0 Å². The first-order valence-electron chi connectivity index (χ1n) is 7.06. The molecule has 5 nitrogen and oxygen atoms in total. The Morgan fingerprint density at radius 2 is 1.81 bits per heavy atom. The van der Waals surface area contributed by atoms with Gasteiger partial charge in [0.1, 0.15) is 17.3 Å². The highest BCUT2D eigenvalue weighted by molar-refractivity contribution is 5.99. The normalized spacial score (nSPS) is 22.7. The second-order valence-electron chi connectivity index (χ2n) is 5.95. The van der Waals surface area contributed by atoms with Gasteiger partial charge in [0.15, 0.2) is 0 Å². The Balaban J connectivity index is 2.32. The molecule has 5 heteroatoms. The van der Waals surface area contributed by atoms with Crippen LogP contribution in [0.4, 0.5) is 0 Å². The predicted molar refractivity (Wildman–Crippen MR) is 79.9 cm³/mol. The van der Waals surface area contributed by atoms with E-state index in [0.717, 1.165) is 11.3 Å². The number of nitrogens with one attached hydrogen (secondary N) is 1. The molecule has 1 aliphatic rings. The molecule has 1 aliphatic heterocycles. The van der Waals surface area contributed by atoms with E-state index in [0.29, 0.717) is 0 Å². The van der Waals surface area contributed by atoms with Crippen LogP contribution in [0.2, 0.25) is 0 Å². The number of rotatable bonds is 3. The van der Waals surface area contributed by atoms with Crippen molar-refractivity contribution in [3.63, 3.8) is 0 Å². The number of amides is 2. The van der Waals surface area contributed by atoms with Gasteiger partial charge in [0.2, 0.25) is 11.8 Å². The summed E-state index contributed by atoms with van der Waals surface area (Å²) < 4.78 is 5.14. The second-order valence-corrected chi connectivity index (χ2v) is 5.95. The van der Waals surface area contributed by atoms with Crippen molar-refractivity contribution in [2.24, 2.45) is 0 Å². The highest BCUT2D eigenvalue weighted by atomic mass is 16.5. The smallest absolute Gasteiger partial charge is 0.248 e. The number of piperazine rings is 1. The van der Waals surface area contributed by atoms with Crippen molar-refractivity contribution in [1.82, 2.24) is 10.2 Å². The van der Waals surface area contributed by atoms with Crippen LogP contribution < -0.4 is 10.1 Å². The molecule has 2 amide bonds. The number of hydrogen-bond donors (Lipinski definition) is 1. The lowest BCUT2D eigenvalue weighted by molar-refractivity contribution is -0.155. The van der Waals surface area contributed by atoms with E-state index >= 15 is 0 Å². The molecular formula is C16H22N2O3. The van der Waals surface area contributed by atoms with Gasteiger partial charge in [-0.25, -0.2) is 0 Å². The fourth-order valence-corrected chi connectivity index (χ4v) is 2.65. The number of hydrogen-bond acceptors (Lipinski definition) is 3. The summed E-state index contributed by atoms with van der Waals surface area (Å²) in [4.78, 5) is 26.4. The molecule has 0 bridgehead atoms. The molecular weight excluding hydrogens is 268 g/mol. The van der Waals surface area contributed by atoms with Gasteiger partial charge in [0, 0.05) is 0 Å². The van der Waals surface area contributed by atoms with Crippen LogP contribution in [-0.2, 0) is 9.59 Å². The van der Waals surface area contributed by atoms with E-state index < -0.39 is 11.6 Å². The lowest BCUT2D eigenvalue weighted by Crippen LogP contribution is -2.67. The van der Waals surface area contributed by atoms with Crippen molar-refractivity contribution in [1.29, 1.82) is 0 Å². The molecule has 1 aromatic carbocycles. The number of nitrogens with zero attached hydrogens (tertiary/aromatic N) is 1. The van der Waals surface area contributed by atoms with Crippen LogP contribution in [0.5, 0.6) is 5.75 Å². The maximum Gasteiger partial charge on any atom is 0.248 e. The van der Waals surface area contributed by atoms with Gasteiger partial charge in [-0.2, -0.15) is 0 Å². The Kier molecular flexibility index (Phi) is 3.94. The van der Waals surface area contributed by atoms with Crippen LogP contribution >= 0.6 is 0 Å². The van der Waals surface area contributed by atoms with E-state index in [1.54, 1.807) is 32.8 Å². The number of methoxy groups -OCH3 is 1. The molecule has 0 aliphatic carbocycles. The van der Waals surface area contributed by atoms with Gasteiger partial charge >= 0.3 is 0 Å². The third-order valence-corrected chi connectivity index (χ3v) is 4.02. The first-order chi connectivity index (χ1) is 9.77. The molecule has 0 aromatic heterocycles. The summed E-state index contributed by atoms with van der Waals surface area (Å²) in [6, 6.07) is 6.89. The minimum Gasteiger partial charge on any atom is -0.497 e. The van der Waals surface area contributed by atoms with E-state index in [9.17, 15) is 9.59 Å². The maximum absolute atomic E-state index is 12.6. The molecule has 0 spiro atoms. The van der Waals surface area contributed by atoms with Crippen molar-refractivity contribution >= 4 is 11.8 Å². The summed E-state index contributed by atoms with van der Waals surface area (Å²) in [6.07, 6.45) is 0. The summed E-state index contributed by atoms with van der Waals surface area (Å²) in [5.41, 5.74) is 0.103. The van der Waals surface area contributed by atoms with Gasteiger partial charge in [-0.05, 0) is 45.4 Å². The van der Waals surface area contributed by atoms with E-state index in [1.165, 1.54) is 0 Å². The topological polar surface area (TPSA) is 58.6 Å². The minimum absolute atomic E-state index is 0.0714. The van der Waals surface area contributed by atoms with Gasteiger partial charge in [0.05, 0.1) is 13.2 Å². The van der Waals surface area contributed by atoms with E-state index in [2.05, 4.69) is 5.32 Å². The molecule has 114 valence electrons. The third-order valence-electron chi connectivity index (χ3n) is 4.02. The van der Waals surface area contributed by atoms with E-state index in [1.807, 2.05) is 31.2 Å². The van der Waals surface area contributed by atoms with Gasteiger partial charge in [-0.3, -0.25) is 9.59 Å². The number of benzene rings is 1.